The van der Waals surface area contributed by atoms with Gasteiger partial charge in [0.15, 0.2) is 0 Å². The highest BCUT2D eigenvalue weighted by molar-refractivity contribution is 5.90. The van der Waals surface area contributed by atoms with Crippen LogP contribution in [0.2, 0.25) is 0 Å². The number of nitrogens with zero attached hydrogens (tertiary/aromatic N) is 2. The van der Waals surface area contributed by atoms with Crippen LogP contribution in [0, 0.1) is 11.8 Å². The van der Waals surface area contributed by atoms with Crippen molar-refractivity contribution in [3.8, 4) is 0 Å². The second-order valence-electron chi connectivity index (χ2n) is 8.36. The number of esters is 1. The van der Waals surface area contributed by atoms with Gasteiger partial charge in [0.05, 0.1) is 17.1 Å². The maximum Gasteiger partial charge on any atom is 0.338 e. The molecule has 0 radical (unpaired) electrons. The Morgan fingerprint density at radius 2 is 1.93 bits per heavy atom. The predicted octanol–water partition coefficient (Wildman–Crippen LogP) is 5.03. The van der Waals surface area contributed by atoms with Crippen molar-refractivity contribution in [3.63, 3.8) is 0 Å². The molecule has 152 valence electrons. The molecule has 0 amide bonds. The van der Waals surface area contributed by atoms with E-state index in [0.29, 0.717) is 17.4 Å². The third-order valence-corrected chi connectivity index (χ3v) is 6.74. The summed E-state index contributed by atoms with van der Waals surface area (Å²) in [5, 5.41) is 1.05. The normalized spacial score (nSPS) is 26.3. The molecule has 4 heterocycles. The number of rotatable bonds is 5. The molecule has 0 saturated carbocycles. The lowest BCUT2D eigenvalue weighted by Gasteiger charge is -2.51. The van der Waals surface area contributed by atoms with Crippen LogP contribution in [0.15, 0.2) is 79.5 Å². The van der Waals surface area contributed by atoms with E-state index in [-0.39, 0.29) is 18.1 Å². The Bertz CT molecular complexity index is 1060. The largest absolute Gasteiger partial charge is 0.452 e. The van der Waals surface area contributed by atoms with E-state index in [4.69, 9.17) is 4.74 Å². The lowest BCUT2D eigenvalue weighted by molar-refractivity contribution is -0.0568. The highest BCUT2D eigenvalue weighted by atomic mass is 16.5. The van der Waals surface area contributed by atoms with Crippen LogP contribution in [-0.4, -0.2) is 35.0 Å². The summed E-state index contributed by atoms with van der Waals surface area (Å²) in [6.07, 6.45) is 5.78. The monoisotopic (exact) mass is 398 g/mol. The zero-order valence-corrected chi connectivity index (χ0v) is 17.0. The number of piperidine rings is 3. The summed E-state index contributed by atoms with van der Waals surface area (Å²) in [6, 6.07) is 19.5. The Morgan fingerprint density at radius 3 is 2.70 bits per heavy atom. The molecule has 4 heteroatoms. The number of para-hydroxylation sites is 1. The van der Waals surface area contributed by atoms with Gasteiger partial charge in [0.2, 0.25) is 0 Å². The molecule has 2 aromatic carbocycles. The summed E-state index contributed by atoms with van der Waals surface area (Å²) >= 11 is 0. The molecule has 1 aromatic heterocycles. The Kier molecular flexibility index (Phi) is 5.09. The predicted molar refractivity (Wildman–Crippen MR) is 118 cm³/mol. The number of carbonyl (C=O) groups excluding carboxylic acids is 1. The van der Waals surface area contributed by atoms with Crippen LogP contribution in [0.4, 0.5) is 0 Å². The molecule has 3 aliphatic heterocycles. The molecule has 3 aliphatic rings. The summed E-state index contributed by atoms with van der Waals surface area (Å²) in [6.45, 7) is 6.07. The highest BCUT2D eigenvalue weighted by Crippen LogP contribution is 2.43. The molecule has 0 N–H and O–H groups in total. The fraction of sp³-hybridized carbons (Fsp3) is 0.308. The second kappa shape index (κ2) is 8.04. The van der Waals surface area contributed by atoms with Crippen molar-refractivity contribution < 1.29 is 9.53 Å². The Labute approximate surface area is 177 Å². The van der Waals surface area contributed by atoms with E-state index in [1.54, 1.807) is 0 Å². The lowest BCUT2D eigenvalue weighted by Crippen LogP contribution is -2.55. The fourth-order valence-electron chi connectivity index (χ4n) is 5.17. The van der Waals surface area contributed by atoms with Crippen LogP contribution in [0.1, 0.15) is 34.9 Å². The topological polar surface area (TPSA) is 42.4 Å². The molecule has 3 fully saturated rings. The number of aromatic nitrogens is 1. The van der Waals surface area contributed by atoms with Gasteiger partial charge in [-0.25, -0.2) is 4.79 Å². The van der Waals surface area contributed by atoms with Gasteiger partial charge in [0.1, 0.15) is 6.10 Å². The number of hydrogen-bond acceptors (Lipinski definition) is 4. The third kappa shape index (κ3) is 3.41. The van der Waals surface area contributed by atoms with E-state index in [2.05, 4.69) is 28.6 Å². The van der Waals surface area contributed by atoms with Crippen LogP contribution in [0.5, 0.6) is 0 Å². The summed E-state index contributed by atoms with van der Waals surface area (Å²) < 4.78 is 6.26. The first-order valence-corrected chi connectivity index (χ1v) is 10.7. The fourth-order valence-corrected chi connectivity index (χ4v) is 5.17. The van der Waals surface area contributed by atoms with E-state index in [0.717, 1.165) is 36.0 Å². The Hall–Kier alpha value is -2.98. The molecule has 30 heavy (non-hydrogen) atoms. The van der Waals surface area contributed by atoms with Crippen molar-refractivity contribution in [1.29, 1.82) is 0 Å². The molecule has 2 bridgehead atoms. The van der Waals surface area contributed by atoms with Gasteiger partial charge in [-0.3, -0.25) is 9.88 Å². The van der Waals surface area contributed by atoms with Gasteiger partial charge in [0.25, 0.3) is 0 Å². The van der Waals surface area contributed by atoms with Gasteiger partial charge in [-0.1, -0.05) is 42.5 Å². The molecule has 4 nitrogen and oxygen atoms in total. The number of ether oxygens (including phenoxy) is 1. The number of hydrogen-bond donors (Lipinski definition) is 0. The molecular formula is C26H26N2O2. The van der Waals surface area contributed by atoms with Crippen LogP contribution >= 0.6 is 0 Å². The second-order valence-corrected chi connectivity index (χ2v) is 8.36. The first-order valence-electron chi connectivity index (χ1n) is 10.7. The van der Waals surface area contributed by atoms with E-state index in [9.17, 15) is 4.79 Å². The van der Waals surface area contributed by atoms with Gasteiger partial charge in [-0.2, -0.15) is 0 Å². The summed E-state index contributed by atoms with van der Waals surface area (Å²) in [7, 11) is 0. The molecule has 3 saturated heterocycles. The zero-order valence-electron chi connectivity index (χ0n) is 17.0. The molecular weight excluding hydrogens is 372 g/mol. The molecule has 1 unspecified atom stereocenters. The average Bonchev–Trinajstić information content (AvgIpc) is 2.83. The smallest absolute Gasteiger partial charge is 0.338 e. The Balaban J connectivity index is 1.54. The molecule has 0 aliphatic carbocycles. The SMILES string of the molecule is C=C[C@@H]1CN2CC[C@H]1C[C@@H]2[C@@H](OC(=O)c1ccccc1)c1ccnc2ccccc12. The Morgan fingerprint density at radius 1 is 1.13 bits per heavy atom. The standard InChI is InChI=1S/C26H26N2O2/c1-2-18-17-28-15-13-20(18)16-24(28)25(30-26(29)19-8-4-3-5-9-19)22-12-14-27-23-11-7-6-10-21(22)23/h2-12,14,18,20,24-25H,1,13,15-17H2/t18-,20+,24-,25+/m1/s1. The minimum atomic E-state index is -0.334. The number of carbonyl (C=O) groups is 1. The minimum Gasteiger partial charge on any atom is -0.452 e. The van der Waals surface area contributed by atoms with Crippen molar-refractivity contribution in [2.45, 2.75) is 25.0 Å². The molecule has 0 spiro atoms. The van der Waals surface area contributed by atoms with Crippen LogP contribution in [0.3, 0.4) is 0 Å². The maximum absolute atomic E-state index is 13.1. The number of fused-ring (bicyclic) bond motifs is 4. The summed E-state index contributed by atoms with van der Waals surface area (Å²) in [5.41, 5.74) is 2.55. The van der Waals surface area contributed by atoms with Crippen molar-refractivity contribution in [3.05, 3.63) is 90.6 Å². The zero-order chi connectivity index (χ0) is 20.5. The minimum absolute atomic E-state index is 0.165. The van der Waals surface area contributed by atoms with Gasteiger partial charge >= 0.3 is 5.97 Å². The van der Waals surface area contributed by atoms with Crippen LogP contribution in [-0.2, 0) is 4.74 Å². The van der Waals surface area contributed by atoms with Gasteiger partial charge in [-0.05, 0) is 55.5 Å². The number of pyridine rings is 1. The lowest BCUT2D eigenvalue weighted by atomic mass is 9.73. The van der Waals surface area contributed by atoms with E-state index in [1.165, 1.54) is 6.42 Å². The molecule has 3 aromatic rings. The average molecular weight is 399 g/mol. The van der Waals surface area contributed by atoms with Crippen LogP contribution in [0.25, 0.3) is 10.9 Å². The highest BCUT2D eigenvalue weighted by Gasteiger charge is 2.44. The number of benzene rings is 2. The van der Waals surface area contributed by atoms with E-state index in [1.807, 2.05) is 60.8 Å². The summed E-state index contributed by atoms with van der Waals surface area (Å²) in [4.78, 5) is 20.1. The van der Waals surface area contributed by atoms with Crippen molar-refractivity contribution in [1.82, 2.24) is 9.88 Å². The van der Waals surface area contributed by atoms with Crippen molar-refractivity contribution in [2.75, 3.05) is 13.1 Å². The van der Waals surface area contributed by atoms with Gasteiger partial charge in [0, 0.05) is 23.7 Å². The first-order chi connectivity index (χ1) is 14.7. The van der Waals surface area contributed by atoms with Gasteiger partial charge in [-0.15, -0.1) is 6.58 Å². The third-order valence-electron chi connectivity index (χ3n) is 6.74. The van der Waals surface area contributed by atoms with Crippen LogP contribution < -0.4 is 0 Å². The maximum atomic E-state index is 13.1. The van der Waals surface area contributed by atoms with E-state index < -0.39 is 0 Å². The molecule has 6 rings (SSSR count). The first kappa shape index (κ1) is 19.0. The van der Waals surface area contributed by atoms with Gasteiger partial charge < -0.3 is 4.74 Å². The molecule has 5 atom stereocenters. The summed E-state index contributed by atoms with van der Waals surface area (Å²) in [5.74, 6) is 0.850. The quantitative estimate of drug-likeness (QED) is 0.447. The van der Waals surface area contributed by atoms with E-state index >= 15 is 0 Å². The van der Waals surface area contributed by atoms with Crippen molar-refractivity contribution in [2.24, 2.45) is 11.8 Å². The van der Waals surface area contributed by atoms with Crippen molar-refractivity contribution >= 4 is 16.9 Å².